The monoisotopic (exact) mass is 251 g/mol. The minimum atomic E-state index is -0.472. The van der Waals surface area contributed by atoms with E-state index in [0.717, 1.165) is 19.5 Å². The van der Waals surface area contributed by atoms with Crippen molar-refractivity contribution < 1.29 is 9.53 Å². The Kier molecular flexibility index (Phi) is 6.18. The number of ether oxygens (including phenoxy) is 1. The van der Waals surface area contributed by atoms with Crippen LogP contribution in [0.1, 0.15) is 12.0 Å². The van der Waals surface area contributed by atoms with Crippen LogP contribution >= 0.6 is 0 Å². The number of hydrogen-bond donors (Lipinski definition) is 2. The number of amides is 1. The van der Waals surface area contributed by atoms with E-state index in [2.05, 4.69) is 11.9 Å². The zero-order valence-electron chi connectivity index (χ0n) is 10.8. The Morgan fingerprint density at radius 1 is 1.33 bits per heavy atom. The minimum absolute atomic E-state index is 0.0876. The molecule has 18 heavy (non-hydrogen) atoms. The molecule has 1 rings (SSSR count). The topological polar surface area (TPSA) is 81.6 Å². The van der Waals surface area contributed by atoms with Crippen LogP contribution in [0.2, 0.25) is 0 Å². The van der Waals surface area contributed by atoms with E-state index in [1.165, 1.54) is 5.56 Å². The summed E-state index contributed by atoms with van der Waals surface area (Å²) in [5.74, 6) is 0.183. The number of nitrogens with two attached hydrogens (primary N) is 2. The molecule has 0 aliphatic rings. The van der Waals surface area contributed by atoms with Crippen LogP contribution in [0.15, 0.2) is 24.3 Å². The van der Waals surface area contributed by atoms with E-state index in [-0.39, 0.29) is 6.61 Å². The zero-order chi connectivity index (χ0) is 13.4. The summed E-state index contributed by atoms with van der Waals surface area (Å²) < 4.78 is 5.19. The second-order valence-corrected chi connectivity index (χ2v) is 4.28. The van der Waals surface area contributed by atoms with Crippen LogP contribution in [-0.2, 0) is 11.3 Å². The standard InChI is InChI=1S/C13H21N3O2/c1-16(8-2-7-14)9-11-3-5-12(6-4-11)18-10-13(15)17/h3-6H,2,7-10,14H2,1H3,(H2,15,17). The SMILES string of the molecule is CN(CCCN)Cc1ccc(OCC(N)=O)cc1. The average Bonchev–Trinajstić information content (AvgIpc) is 2.35. The number of nitrogens with zero attached hydrogens (tertiary/aromatic N) is 1. The molecule has 0 aliphatic heterocycles. The van der Waals surface area contributed by atoms with Crippen molar-refractivity contribution in [1.82, 2.24) is 4.90 Å². The van der Waals surface area contributed by atoms with Gasteiger partial charge in [-0.2, -0.15) is 0 Å². The summed E-state index contributed by atoms with van der Waals surface area (Å²) in [5, 5.41) is 0. The van der Waals surface area contributed by atoms with E-state index in [9.17, 15) is 4.79 Å². The molecule has 1 aromatic carbocycles. The third-order valence-corrected chi connectivity index (χ3v) is 2.50. The number of rotatable bonds is 8. The molecule has 0 atom stereocenters. The summed E-state index contributed by atoms with van der Waals surface area (Å²) in [5.41, 5.74) is 11.7. The van der Waals surface area contributed by atoms with Gasteiger partial charge in [0.05, 0.1) is 0 Å². The summed E-state index contributed by atoms with van der Waals surface area (Å²) in [4.78, 5) is 12.8. The molecule has 0 saturated heterocycles. The first-order chi connectivity index (χ1) is 8.61. The third-order valence-electron chi connectivity index (χ3n) is 2.50. The van der Waals surface area contributed by atoms with Gasteiger partial charge in [-0.15, -0.1) is 0 Å². The molecule has 0 radical (unpaired) electrons. The molecule has 0 aromatic heterocycles. The van der Waals surface area contributed by atoms with E-state index in [0.29, 0.717) is 12.3 Å². The van der Waals surface area contributed by atoms with E-state index in [4.69, 9.17) is 16.2 Å². The fourth-order valence-corrected chi connectivity index (χ4v) is 1.60. The Bertz CT molecular complexity index is 365. The maximum Gasteiger partial charge on any atom is 0.255 e. The van der Waals surface area contributed by atoms with Gasteiger partial charge in [-0.3, -0.25) is 4.79 Å². The second kappa shape index (κ2) is 7.68. The highest BCUT2D eigenvalue weighted by atomic mass is 16.5. The average molecular weight is 251 g/mol. The van der Waals surface area contributed by atoms with Crippen molar-refractivity contribution in [3.8, 4) is 5.75 Å². The normalized spacial score (nSPS) is 10.6. The molecule has 0 fully saturated rings. The zero-order valence-corrected chi connectivity index (χ0v) is 10.8. The molecule has 0 aliphatic carbocycles. The third kappa shape index (κ3) is 5.65. The molecule has 0 bridgehead atoms. The van der Waals surface area contributed by atoms with Crippen molar-refractivity contribution >= 4 is 5.91 Å². The first-order valence-corrected chi connectivity index (χ1v) is 6.00. The Morgan fingerprint density at radius 3 is 2.56 bits per heavy atom. The predicted octanol–water partition coefficient (Wildman–Crippen LogP) is 0.331. The van der Waals surface area contributed by atoms with Crippen LogP contribution in [0.25, 0.3) is 0 Å². The quantitative estimate of drug-likeness (QED) is 0.697. The fraction of sp³-hybridized carbons (Fsp3) is 0.462. The van der Waals surface area contributed by atoms with Crippen molar-refractivity contribution in [3.05, 3.63) is 29.8 Å². The van der Waals surface area contributed by atoms with Gasteiger partial charge in [-0.05, 0) is 44.3 Å². The summed E-state index contributed by atoms with van der Waals surface area (Å²) in [7, 11) is 2.06. The molecular formula is C13H21N3O2. The van der Waals surface area contributed by atoms with Crippen molar-refractivity contribution in [2.24, 2.45) is 11.5 Å². The lowest BCUT2D eigenvalue weighted by atomic mass is 10.2. The summed E-state index contributed by atoms with van der Waals surface area (Å²) >= 11 is 0. The Hall–Kier alpha value is -1.59. The molecule has 4 N–H and O–H groups in total. The summed E-state index contributed by atoms with van der Waals surface area (Å²) in [6.45, 7) is 2.48. The van der Waals surface area contributed by atoms with Crippen LogP contribution in [0.3, 0.4) is 0 Å². The number of carbonyl (C=O) groups excluding carboxylic acids is 1. The summed E-state index contributed by atoms with van der Waals surface area (Å²) in [6, 6.07) is 7.65. The van der Waals surface area contributed by atoms with Gasteiger partial charge >= 0.3 is 0 Å². The lowest BCUT2D eigenvalue weighted by Gasteiger charge is -2.16. The molecule has 1 amide bonds. The molecular weight excluding hydrogens is 230 g/mol. The van der Waals surface area contributed by atoms with Gasteiger partial charge in [0.15, 0.2) is 6.61 Å². The molecule has 0 unspecified atom stereocenters. The fourth-order valence-electron chi connectivity index (χ4n) is 1.60. The molecule has 100 valence electrons. The minimum Gasteiger partial charge on any atom is -0.484 e. The van der Waals surface area contributed by atoms with E-state index < -0.39 is 5.91 Å². The lowest BCUT2D eigenvalue weighted by molar-refractivity contribution is -0.119. The maximum atomic E-state index is 10.6. The smallest absolute Gasteiger partial charge is 0.255 e. The van der Waals surface area contributed by atoms with E-state index in [1.807, 2.05) is 24.3 Å². The molecule has 5 heteroatoms. The highest BCUT2D eigenvalue weighted by Crippen LogP contribution is 2.13. The second-order valence-electron chi connectivity index (χ2n) is 4.28. The Balaban J connectivity index is 2.42. The Morgan fingerprint density at radius 2 is 2.00 bits per heavy atom. The van der Waals surface area contributed by atoms with Crippen LogP contribution in [0.4, 0.5) is 0 Å². The van der Waals surface area contributed by atoms with Crippen LogP contribution < -0.4 is 16.2 Å². The van der Waals surface area contributed by atoms with Crippen molar-refractivity contribution in [1.29, 1.82) is 0 Å². The van der Waals surface area contributed by atoms with Gasteiger partial charge in [-0.25, -0.2) is 0 Å². The molecule has 0 heterocycles. The summed E-state index contributed by atoms with van der Waals surface area (Å²) in [6.07, 6.45) is 0.996. The van der Waals surface area contributed by atoms with Gasteiger partial charge in [0.25, 0.3) is 5.91 Å². The largest absolute Gasteiger partial charge is 0.484 e. The lowest BCUT2D eigenvalue weighted by Crippen LogP contribution is -2.21. The van der Waals surface area contributed by atoms with Gasteiger partial charge in [0.1, 0.15) is 5.75 Å². The molecule has 1 aromatic rings. The van der Waals surface area contributed by atoms with Gasteiger partial charge in [0, 0.05) is 6.54 Å². The van der Waals surface area contributed by atoms with Crippen LogP contribution in [-0.4, -0.2) is 37.6 Å². The number of hydrogen-bond acceptors (Lipinski definition) is 4. The maximum absolute atomic E-state index is 10.6. The number of carbonyl (C=O) groups is 1. The van der Waals surface area contributed by atoms with Gasteiger partial charge in [0.2, 0.25) is 0 Å². The molecule has 5 nitrogen and oxygen atoms in total. The Labute approximate surface area is 108 Å². The van der Waals surface area contributed by atoms with Crippen molar-refractivity contribution in [2.75, 3.05) is 26.7 Å². The van der Waals surface area contributed by atoms with Crippen molar-refractivity contribution in [2.45, 2.75) is 13.0 Å². The number of benzene rings is 1. The number of primary amides is 1. The molecule has 0 saturated carbocycles. The van der Waals surface area contributed by atoms with E-state index >= 15 is 0 Å². The van der Waals surface area contributed by atoms with E-state index in [1.54, 1.807) is 0 Å². The van der Waals surface area contributed by atoms with Gasteiger partial charge in [-0.1, -0.05) is 12.1 Å². The molecule has 0 spiro atoms. The highest BCUT2D eigenvalue weighted by Gasteiger charge is 2.01. The first kappa shape index (κ1) is 14.5. The van der Waals surface area contributed by atoms with Gasteiger partial charge < -0.3 is 21.1 Å². The predicted molar refractivity (Wildman–Crippen MR) is 71.1 cm³/mol. The van der Waals surface area contributed by atoms with Crippen molar-refractivity contribution in [3.63, 3.8) is 0 Å². The first-order valence-electron chi connectivity index (χ1n) is 6.00. The van der Waals surface area contributed by atoms with Crippen LogP contribution in [0.5, 0.6) is 5.75 Å². The van der Waals surface area contributed by atoms with Crippen LogP contribution in [0, 0.1) is 0 Å². The highest BCUT2D eigenvalue weighted by molar-refractivity contribution is 5.75.